The van der Waals surface area contributed by atoms with Gasteiger partial charge in [0.05, 0.1) is 12.7 Å². The van der Waals surface area contributed by atoms with Crippen molar-refractivity contribution in [1.29, 1.82) is 0 Å². The maximum atomic E-state index is 10.6. The van der Waals surface area contributed by atoms with E-state index >= 15 is 0 Å². The summed E-state index contributed by atoms with van der Waals surface area (Å²) in [5.41, 5.74) is 0. The molecule has 0 aromatic heterocycles. The van der Waals surface area contributed by atoms with E-state index in [0.717, 1.165) is 6.29 Å². The Morgan fingerprint density at radius 1 is 1.21 bits per heavy atom. The van der Waals surface area contributed by atoms with Gasteiger partial charge in [-0.15, -0.1) is 0 Å². The molecule has 82 valence electrons. The van der Waals surface area contributed by atoms with Crippen LogP contribution in [-0.4, -0.2) is 36.5 Å². The number of carbonyl (C=O) groups excluding carboxylic acids is 2. The molecule has 0 spiro atoms. The van der Waals surface area contributed by atoms with Gasteiger partial charge >= 0.3 is 0 Å². The van der Waals surface area contributed by atoms with Gasteiger partial charge in [0.1, 0.15) is 18.7 Å². The number of hydrogen-bond acceptors (Lipinski definition) is 4. The van der Waals surface area contributed by atoms with Crippen molar-refractivity contribution in [3.8, 4) is 0 Å². The van der Waals surface area contributed by atoms with E-state index in [1.807, 2.05) is 13.8 Å². The number of carbonyl (C=O) groups is 2. The van der Waals surface area contributed by atoms with E-state index in [9.17, 15) is 9.59 Å². The molecule has 0 aliphatic heterocycles. The average molecular weight is 202 g/mol. The lowest BCUT2D eigenvalue weighted by molar-refractivity contribution is -0.133. The standard InChI is InChI=1S/C10H18O4/c1-3-8(5-11)10(7-13)14-9(4-2)6-12/h5-6,8-10,13H,3-4,7H2,1-2H3. The van der Waals surface area contributed by atoms with Crippen molar-refractivity contribution >= 4 is 12.6 Å². The van der Waals surface area contributed by atoms with Crippen LogP contribution in [0.5, 0.6) is 0 Å². The highest BCUT2D eigenvalue weighted by molar-refractivity contribution is 5.57. The average Bonchev–Trinajstić information content (AvgIpc) is 2.24. The van der Waals surface area contributed by atoms with Crippen LogP contribution in [0.1, 0.15) is 26.7 Å². The minimum Gasteiger partial charge on any atom is -0.394 e. The molecule has 0 fully saturated rings. The van der Waals surface area contributed by atoms with E-state index in [2.05, 4.69) is 0 Å². The summed E-state index contributed by atoms with van der Waals surface area (Å²) >= 11 is 0. The van der Waals surface area contributed by atoms with Crippen LogP contribution in [0.3, 0.4) is 0 Å². The second kappa shape index (κ2) is 7.64. The Balaban J connectivity index is 4.24. The number of ether oxygens (including phenoxy) is 1. The SMILES string of the molecule is CCC(C=O)OC(CO)C(C=O)CC. The molecule has 0 aromatic carbocycles. The molecule has 0 aliphatic rings. The van der Waals surface area contributed by atoms with Crippen molar-refractivity contribution in [3.05, 3.63) is 0 Å². The Morgan fingerprint density at radius 2 is 1.86 bits per heavy atom. The third-order valence-corrected chi connectivity index (χ3v) is 2.21. The van der Waals surface area contributed by atoms with Gasteiger partial charge in [-0.1, -0.05) is 13.8 Å². The maximum absolute atomic E-state index is 10.6. The van der Waals surface area contributed by atoms with Gasteiger partial charge in [0.25, 0.3) is 0 Å². The molecule has 0 aliphatic carbocycles. The largest absolute Gasteiger partial charge is 0.394 e. The number of aldehydes is 2. The first kappa shape index (κ1) is 13.3. The predicted octanol–water partition coefficient (Wildman–Crippen LogP) is 0.566. The van der Waals surface area contributed by atoms with Crippen molar-refractivity contribution in [2.75, 3.05) is 6.61 Å². The summed E-state index contributed by atoms with van der Waals surface area (Å²) in [5.74, 6) is -0.339. The summed E-state index contributed by atoms with van der Waals surface area (Å²) in [6.07, 6.45) is 1.52. The lowest BCUT2D eigenvalue weighted by Gasteiger charge is -2.23. The molecule has 0 rings (SSSR count). The van der Waals surface area contributed by atoms with Crippen LogP contribution < -0.4 is 0 Å². The van der Waals surface area contributed by atoms with Crippen molar-refractivity contribution in [1.82, 2.24) is 0 Å². The van der Waals surface area contributed by atoms with Crippen molar-refractivity contribution in [3.63, 3.8) is 0 Å². The molecule has 4 heteroatoms. The number of aliphatic hydroxyl groups is 1. The van der Waals surface area contributed by atoms with Crippen LogP contribution >= 0.6 is 0 Å². The predicted molar refractivity (Wildman–Crippen MR) is 51.9 cm³/mol. The molecule has 1 N–H and O–H groups in total. The van der Waals surface area contributed by atoms with Crippen molar-refractivity contribution in [2.24, 2.45) is 5.92 Å². The van der Waals surface area contributed by atoms with Crippen LogP contribution in [0.2, 0.25) is 0 Å². The Hall–Kier alpha value is -0.740. The first-order valence-electron chi connectivity index (χ1n) is 4.90. The Kier molecular flexibility index (Phi) is 7.24. The first-order valence-corrected chi connectivity index (χ1v) is 4.90. The second-order valence-electron chi connectivity index (χ2n) is 3.15. The zero-order valence-electron chi connectivity index (χ0n) is 8.68. The van der Waals surface area contributed by atoms with Crippen LogP contribution in [-0.2, 0) is 14.3 Å². The van der Waals surface area contributed by atoms with Crippen LogP contribution in [0.4, 0.5) is 0 Å². The number of aliphatic hydroxyl groups excluding tert-OH is 1. The van der Waals surface area contributed by atoms with Gasteiger partial charge in [-0.3, -0.25) is 0 Å². The molecule has 3 unspecified atom stereocenters. The van der Waals surface area contributed by atoms with E-state index in [1.54, 1.807) is 0 Å². The first-order chi connectivity index (χ1) is 6.73. The van der Waals surface area contributed by atoms with Crippen LogP contribution in [0, 0.1) is 5.92 Å². The van der Waals surface area contributed by atoms with Gasteiger partial charge in [0.2, 0.25) is 0 Å². The molecule has 14 heavy (non-hydrogen) atoms. The van der Waals surface area contributed by atoms with E-state index < -0.39 is 12.2 Å². The Labute approximate surface area is 84.3 Å². The van der Waals surface area contributed by atoms with Gasteiger partial charge in [-0.25, -0.2) is 0 Å². The Morgan fingerprint density at radius 3 is 2.14 bits per heavy atom. The quantitative estimate of drug-likeness (QED) is 0.584. The molecule has 0 heterocycles. The minimum atomic E-state index is -0.562. The summed E-state index contributed by atoms with van der Waals surface area (Å²) < 4.78 is 5.29. The van der Waals surface area contributed by atoms with E-state index in [1.165, 1.54) is 0 Å². The van der Waals surface area contributed by atoms with E-state index in [-0.39, 0.29) is 12.5 Å². The summed E-state index contributed by atoms with van der Waals surface area (Å²) in [4.78, 5) is 21.1. The smallest absolute Gasteiger partial charge is 0.148 e. The third kappa shape index (κ3) is 3.98. The summed E-state index contributed by atoms with van der Waals surface area (Å²) in [6, 6.07) is 0. The topological polar surface area (TPSA) is 63.6 Å². The van der Waals surface area contributed by atoms with E-state index in [4.69, 9.17) is 9.84 Å². The highest BCUT2D eigenvalue weighted by Crippen LogP contribution is 2.12. The molecule has 3 atom stereocenters. The minimum absolute atomic E-state index is 0.235. The number of rotatable bonds is 8. The van der Waals surface area contributed by atoms with Crippen LogP contribution in [0.25, 0.3) is 0 Å². The summed E-state index contributed by atoms with van der Waals surface area (Å²) in [6.45, 7) is 3.42. The van der Waals surface area contributed by atoms with Crippen LogP contribution in [0.15, 0.2) is 0 Å². The van der Waals surface area contributed by atoms with Crippen molar-refractivity contribution in [2.45, 2.75) is 38.9 Å². The van der Waals surface area contributed by atoms with Gasteiger partial charge in [-0.05, 0) is 12.8 Å². The van der Waals surface area contributed by atoms with Gasteiger partial charge in [0, 0.05) is 5.92 Å². The Bertz CT molecular complexity index is 170. The van der Waals surface area contributed by atoms with Gasteiger partial charge in [0.15, 0.2) is 0 Å². The normalized spacial score (nSPS) is 17.1. The van der Waals surface area contributed by atoms with Gasteiger partial charge in [-0.2, -0.15) is 0 Å². The maximum Gasteiger partial charge on any atom is 0.148 e. The van der Waals surface area contributed by atoms with Gasteiger partial charge < -0.3 is 19.4 Å². The fourth-order valence-electron chi connectivity index (χ4n) is 1.18. The summed E-state index contributed by atoms with van der Waals surface area (Å²) in [7, 11) is 0. The lowest BCUT2D eigenvalue weighted by atomic mass is 10.0. The zero-order chi connectivity index (χ0) is 11.0. The molecule has 4 nitrogen and oxygen atoms in total. The zero-order valence-corrected chi connectivity index (χ0v) is 8.68. The third-order valence-electron chi connectivity index (χ3n) is 2.21. The highest BCUT2D eigenvalue weighted by Gasteiger charge is 2.22. The van der Waals surface area contributed by atoms with E-state index in [0.29, 0.717) is 19.1 Å². The molecule has 0 saturated heterocycles. The molecular weight excluding hydrogens is 184 g/mol. The lowest BCUT2D eigenvalue weighted by Crippen LogP contribution is -2.33. The fraction of sp³-hybridized carbons (Fsp3) is 0.800. The second-order valence-corrected chi connectivity index (χ2v) is 3.15. The number of hydrogen-bond donors (Lipinski definition) is 1. The molecule has 0 bridgehead atoms. The molecule has 0 aromatic rings. The fourth-order valence-corrected chi connectivity index (χ4v) is 1.18. The molecule has 0 radical (unpaired) electrons. The van der Waals surface area contributed by atoms with Crippen molar-refractivity contribution < 1.29 is 19.4 Å². The molecule has 0 saturated carbocycles. The molecule has 0 amide bonds. The molecular formula is C10H18O4. The summed E-state index contributed by atoms with van der Waals surface area (Å²) in [5, 5.41) is 9.00. The monoisotopic (exact) mass is 202 g/mol. The highest BCUT2D eigenvalue weighted by atomic mass is 16.5.